The van der Waals surface area contributed by atoms with E-state index in [0.717, 1.165) is 11.1 Å². The van der Waals surface area contributed by atoms with Crippen LogP contribution in [0.4, 0.5) is 17.3 Å². The molecule has 1 N–H and O–H groups in total. The Morgan fingerprint density at radius 3 is 2.71 bits per heavy atom. The topological polar surface area (TPSA) is 116 Å². The lowest BCUT2D eigenvalue weighted by molar-refractivity contribution is -0.385. The summed E-state index contributed by atoms with van der Waals surface area (Å²) in [6, 6.07) is 14.3. The van der Waals surface area contributed by atoms with E-state index in [1.54, 1.807) is 36.5 Å². The molecule has 4 aromatic rings. The minimum atomic E-state index is -0.593. The third kappa shape index (κ3) is 3.40. The number of nitrogens with zero attached hydrogens (tertiary/aromatic N) is 5. The van der Waals surface area contributed by atoms with Crippen LogP contribution in [0.25, 0.3) is 10.9 Å². The van der Waals surface area contributed by atoms with Crippen molar-refractivity contribution in [3.63, 3.8) is 0 Å². The fraction of sp³-hybridized carbons (Fsp3) is 0.0526. The maximum Gasteiger partial charge on any atom is 0.373 e. The number of para-hydroxylation sites is 1. The fourth-order valence-electron chi connectivity index (χ4n) is 2.66. The molecule has 0 atom stereocenters. The van der Waals surface area contributed by atoms with Crippen molar-refractivity contribution in [1.82, 2.24) is 19.9 Å². The predicted octanol–water partition coefficient (Wildman–Crippen LogP) is 4.17. The van der Waals surface area contributed by atoms with Gasteiger partial charge in [-0.2, -0.15) is 4.98 Å². The monoisotopic (exact) mass is 374 g/mol. The summed E-state index contributed by atoms with van der Waals surface area (Å²) in [6.45, 7) is 1.86. The summed E-state index contributed by atoms with van der Waals surface area (Å²) < 4.78 is 5.80. The summed E-state index contributed by atoms with van der Waals surface area (Å²) in [5.41, 5.74) is 1.01. The average Bonchev–Trinajstić information content (AvgIpc) is 2.69. The quantitative estimate of drug-likeness (QED) is 0.409. The first-order chi connectivity index (χ1) is 13.6. The highest BCUT2D eigenvalue weighted by Crippen LogP contribution is 2.36. The number of pyridine rings is 2. The van der Waals surface area contributed by atoms with Crippen molar-refractivity contribution in [3.05, 3.63) is 76.9 Å². The van der Waals surface area contributed by atoms with E-state index in [1.807, 2.05) is 25.1 Å². The van der Waals surface area contributed by atoms with Gasteiger partial charge in [-0.25, -0.2) is 15.0 Å². The van der Waals surface area contributed by atoms with Crippen molar-refractivity contribution < 1.29 is 9.66 Å². The Morgan fingerprint density at radius 2 is 1.93 bits per heavy atom. The van der Waals surface area contributed by atoms with Crippen molar-refractivity contribution in [2.75, 3.05) is 5.32 Å². The first-order valence-electron chi connectivity index (χ1n) is 8.33. The second-order valence-corrected chi connectivity index (χ2v) is 5.86. The predicted molar refractivity (Wildman–Crippen MR) is 103 cm³/mol. The Bertz CT molecular complexity index is 1170. The third-order valence-corrected chi connectivity index (χ3v) is 3.91. The van der Waals surface area contributed by atoms with E-state index in [0.29, 0.717) is 17.1 Å². The Kier molecular flexibility index (Phi) is 4.47. The summed E-state index contributed by atoms with van der Waals surface area (Å²) in [5, 5.41) is 15.4. The minimum absolute atomic E-state index is 0.0157. The van der Waals surface area contributed by atoms with Gasteiger partial charge in [-0.05, 0) is 31.2 Å². The summed E-state index contributed by atoms with van der Waals surface area (Å²) in [6.07, 6.45) is 2.76. The lowest BCUT2D eigenvalue weighted by Gasteiger charge is -2.10. The molecule has 4 rings (SSSR count). The molecule has 0 fully saturated rings. The van der Waals surface area contributed by atoms with Gasteiger partial charge in [0.1, 0.15) is 17.7 Å². The molecule has 9 nitrogen and oxygen atoms in total. The lowest BCUT2D eigenvalue weighted by Crippen LogP contribution is -2.04. The number of nitro groups is 1. The number of aromatic nitrogens is 4. The van der Waals surface area contributed by atoms with Crippen LogP contribution in [0.1, 0.15) is 5.69 Å². The molecule has 0 unspecified atom stereocenters. The number of hydrogen-bond acceptors (Lipinski definition) is 8. The molecule has 3 heterocycles. The molecule has 0 saturated carbocycles. The van der Waals surface area contributed by atoms with Gasteiger partial charge in [0.25, 0.3) is 0 Å². The van der Waals surface area contributed by atoms with E-state index in [2.05, 4.69) is 25.3 Å². The van der Waals surface area contributed by atoms with Crippen LogP contribution in [0.5, 0.6) is 11.6 Å². The van der Waals surface area contributed by atoms with Gasteiger partial charge in [-0.15, -0.1) is 0 Å². The van der Waals surface area contributed by atoms with Crippen molar-refractivity contribution in [1.29, 1.82) is 0 Å². The third-order valence-electron chi connectivity index (χ3n) is 3.91. The zero-order valence-electron chi connectivity index (χ0n) is 14.7. The first-order valence-corrected chi connectivity index (χ1v) is 8.33. The van der Waals surface area contributed by atoms with E-state index < -0.39 is 10.6 Å². The molecule has 0 aliphatic heterocycles. The van der Waals surface area contributed by atoms with Crippen molar-refractivity contribution in [2.45, 2.75) is 6.92 Å². The van der Waals surface area contributed by atoms with E-state index in [-0.39, 0.29) is 11.7 Å². The second kappa shape index (κ2) is 7.23. The van der Waals surface area contributed by atoms with Crippen molar-refractivity contribution >= 4 is 28.2 Å². The Morgan fingerprint density at radius 1 is 1.04 bits per heavy atom. The smallest absolute Gasteiger partial charge is 0.373 e. The summed E-state index contributed by atoms with van der Waals surface area (Å²) >= 11 is 0. The highest BCUT2D eigenvalue weighted by molar-refractivity contribution is 5.85. The lowest BCUT2D eigenvalue weighted by atomic mass is 10.2. The van der Waals surface area contributed by atoms with Gasteiger partial charge in [0.15, 0.2) is 5.75 Å². The molecule has 0 aliphatic rings. The van der Waals surface area contributed by atoms with Crippen LogP contribution in [0.2, 0.25) is 0 Å². The van der Waals surface area contributed by atoms with Gasteiger partial charge >= 0.3 is 11.6 Å². The molecule has 138 valence electrons. The second-order valence-electron chi connectivity index (χ2n) is 5.86. The first kappa shape index (κ1) is 17.3. The van der Waals surface area contributed by atoms with Crippen LogP contribution in [0.3, 0.4) is 0 Å². The van der Waals surface area contributed by atoms with Crippen LogP contribution in [-0.4, -0.2) is 24.9 Å². The van der Waals surface area contributed by atoms with Crippen molar-refractivity contribution in [3.8, 4) is 11.6 Å². The number of hydrogen-bond donors (Lipinski definition) is 1. The number of ether oxygens (including phenoxy) is 1. The van der Waals surface area contributed by atoms with Gasteiger partial charge in [0.05, 0.1) is 4.92 Å². The molecular weight excluding hydrogens is 360 g/mol. The minimum Gasteiger partial charge on any atom is -0.431 e. The largest absolute Gasteiger partial charge is 0.431 e. The van der Waals surface area contributed by atoms with Gasteiger partial charge < -0.3 is 10.1 Å². The van der Waals surface area contributed by atoms with Crippen LogP contribution in [0, 0.1) is 17.0 Å². The molecule has 0 aliphatic carbocycles. The molecular formula is C19H14N6O3. The van der Waals surface area contributed by atoms with Gasteiger partial charge in [-0.3, -0.25) is 10.1 Å². The van der Waals surface area contributed by atoms with E-state index in [9.17, 15) is 10.1 Å². The van der Waals surface area contributed by atoms with Crippen LogP contribution in [-0.2, 0) is 0 Å². The standard InChI is InChI=1S/C19H14N6O3/c1-12-8-9-13-5-4-6-14(16(13)23-12)28-19-17(25(26)27)18(21-11-22-19)24-15-7-2-3-10-20-15/h2-11H,1H3,(H,20,21,22,24). The number of nitrogens with one attached hydrogen (secondary N) is 1. The molecule has 0 saturated heterocycles. The van der Waals surface area contributed by atoms with Crippen LogP contribution in [0.15, 0.2) is 61.1 Å². The molecule has 0 spiro atoms. The van der Waals surface area contributed by atoms with Crippen LogP contribution < -0.4 is 10.1 Å². The number of rotatable bonds is 5. The Balaban J connectivity index is 1.77. The zero-order chi connectivity index (χ0) is 19.5. The number of aryl methyl sites for hydroxylation is 1. The highest BCUT2D eigenvalue weighted by atomic mass is 16.6. The normalized spacial score (nSPS) is 10.6. The van der Waals surface area contributed by atoms with E-state index in [1.165, 1.54) is 6.33 Å². The van der Waals surface area contributed by atoms with Gasteiger partial charge in [0.2, 0.25) is 5.82 Å². The average molecular weight is 374 g/mol. The molecule has 0 amide bonds. The Labute approximate surface area is 159 Å². The van der Waals surface area contributed by atoms with Crippen LogP contribution >= 0.6 is 0 Å². The SMILES string of the molecule is Cc1ccc2cccc(Oc3ncnc(Nc4ccccn4)c3[N+](=O)[O-])c2n1. The maximum absolute atomic E-state index is 11.7. The zero-order valence-corrected chi connectivity index (χ0v) is 14.7. The van der Waals surface area contributed by atoms with Gasteiger partial charge in [0, 0.05) is 17.3 Å². The molecule has 28 heavy (non-hydrogen) atoms. The summed E-state index contributed by atoms with van der Waals surface area (Å²) in [7, 11) is 0. The number of benzene rings is 1. The maximum atomic E-state index is 11.7. The van der Waals surface area contributed by atoms with Crippen molar-refractivity contribution in [2.24, 2.45) is 0 Å². The fourth-order valence-corrected chi connectivity index (χ4v) is 2.66. The molecule has 0 bridgehead atoms. The highest BCUT2D eigenvalue weighted by Gasteiger charge is 2.26. The summed E-state index contributed by atoms with van der Waals surface area (Å²) in [5.74, 6) is 0.580. The molecule has 0 radical (unpaired) electrons. The number of fused-ring (bicyclic) bond motifs is 1. The summed E-state index contributed by atoms with van der Waals surface area (Å²) in [4.78, 5) is 27.6. The van der Waals surface area contributed by atoms with Gasteiger partial charge in [-0.1, -0.05) is 24.3 Å². The molecule has 3 aromatic heterocycles. The Hall–Kier alpha value is -4.14. The molecule has 1 aromatic carbocycles. The van der Waals surface area contributed by atoms with E-state index >= 15 is 0 Å². The molecule has 9 heteroatoms. The van der Waals surface area contributed by atoms with E-state index in [4.69, 9.17) is 4.74 Å². The number of anilines is 2.